The molecule has 3 aromatic rings. The predicted molar refractivity (Wildman–Crippen MR) is 122 cm³/mol. The number of hydrogen-bond acceptors (Lipinski definition) is 8. The molecule has 9 nitrogen and oxygen atoms in total. The lowest BCUT2D eigenvalue weighted by atomic mass is 10.0. The van der Waals surface area contributed by atoms with Crippen LogP contribution in [0, 0.1) is 0 Å². The summed E-state index contributed by atoms with van der Waals surface area (Å²) in [7, 11) is 0. The number of rotatable bonds is 8. The number of oxazole rings is 1. The highest BCUT2D eigenvalue weighted by Gasteiger charge is 2.29. The van der Waals surface area contributed by atoms with Gasteiger partial charge in [-0.2, -0.15) is 0 Å². The van der Waals surface area contributed by atoms with E-state index in [0.29, 0.717) is 45.4 Å². The van der Waals surface area contributed by atoms with Crippen LogP contribution in [0.25, 0.3) is 22.6 Å². The van der Waals surface area contributed by atoms with Gasteiger partial charge in [-0.1, -0.05) is 36.5 Å². The molecule has 180 valence electrons. The number of carboxylic acid groups (broad SMARTS) is 1. The smallest absolute Gasteiger partial charge is 0.335 e. The van der Waals surface area contributed by atoms with Crippen LogP contribution in [0.5, 0.6) is 0 Å². The Bertz CT molecular complexity index is 1050. The number of aliphatic hydroxyl groups is 5. The second-order valence-electron chi connectivity index (χ2n) is 7.25. The molecule has 0 saturated carbocycles. The Morgan fingerprint density at radius 2 is 1.61 bits per heavy atom. The Morgan fingerprint density at radius 3 is 2.15 bits per heavy atom. The number of fused-ring (bicyclic) bond motifs is 1. The molecule has 0 unspecified atom stereocenters. The fraction of sp³-hybridized carbons (Fsp3) is 0.364. The maximum atomic E-state index is 10.9. The molecule has 0 fully saturated rings. The monoisotopic (exact) mass is 501 g/mol. The van der Waals surface area contributed by atoms with Gasteiger partial charge in [-0.15, -0.1) is 0 Å². The average Bonchev–Trinajstić information content (AvgIpc) is 3.21. The molecule has 33 heavy (non-hydrogen) atoms. The van der Waals surface area contributed by atoms with Gasteiger partial charge in [-0.25, -0.2) is 9.78 Å². The maximum absolute atomic E-state index is 10.9. The van der Waals surface area contributed by atoms with Crippen LogP contribution in [-0.2, 0) is 0 Å². The average molecular weight is 502 g/mol. The van der Waals surface area contributed by atoms with E-state index in [1.54, 1.807) is 24.3 Å². The highest BCUT2D eigenvalue weighted by molar-refractivity contribution is 6.35. The summed E-state index contributed by atoms with van der Waals surface area (Å²) < 4.78 is 5.56. The summed E-state index contributed by atoms with van der Waals surface area (Å²) in [6, 6.07) is 9.46. The van der Waals surface area contributed by atoms with Crippen LogP contribution in [0.1, 0.15) is 30.1 Å². The van der Waals surface area contributed by atoms with Crippen molar-refractivity contribution in [3.05, 3.63) is 52.0 Å². The first kappa shape index (κ1) is 27.0. The number of hydrogen-bond donors (Lipinski definition) is 6. The third-order valence-electron chi connectivity index (χ3n) is 4.65. The van der Waals surface area contributed by atoms with Crippen LogP contribution >= 0.6 is 23.2 Å². The first-order valence-corrected chi connectivity index (χ1v) is 10.8. The first-order chi connectivity index (χ1) is 15.6. The number of aliphatic hydroxyl groups excluding tert-OH is 5. The number of carboxylic acids is 1. The summed E-state index contributed by atoms with van der Waals surface area (Å²) >= 11 is 11.9. The largest absolute Gasteiger partial charge is 0.478 e. The molecule has 3 rings (SSSR count). The third-order valence-corrected chi connectivity index (χ3v) is 5.09. The zero-order valence-corrected chi connectivity index (χ0v) is 19.1. The van der Waals surface area contributed by atoms with Gasteiger partial charge in [0.15, 0.2) is 5.58 Å². The summed E-state index contributed by atoms with van der Waals surface area (Å²) in [6.07, 6.45) is -4.40. The molecule has 2 aromatic carbocycles. The molecular weight excluding hydrogens is 477 g/mol. The minimum absolute atomic E-state index is 0.143. The van der Waals surface area contributed by atoms with Crippen LogP contribution in [-0.4, -0.2) is 72.6 Å². The molecular formula is C22H25Cl2NO8. The Morgan fingerprint density at radius 1 is 1.00 bits per heavy atom. The van der Waals surface area contributed by atoms with Gasteiger partial charge in [0, 0.05) is 15.6 Å². The van der Waals surface area contributed by atoms with Gasteiger partial charge in [-0.05, 0) is 42.8 Å². The van der Waals surface area contributed by atoms with Crippen molar-refractivity contribution < 1.29 is 39.9 Å². The van der Waals surface area contributed by atoms with Gasteiger partial charge in [-0.3, -0.25) is 0 Å². The summed E-state index contributed by atoms with van der Waals surface area (Å²) in [6.45, 7) is 1.18. The van der Waals surface area contributed by atoms with E-state index in [1.807, 2.05) is 6.92 Å². The SMILES string of the molecule is CCC[C@H](O)[C@@H](O)[C@H](O)[C@H](O)CO.O=C(O)c1ccc2nc(-c3cc(Cl)cc(Cl)c3)oc2c1. The van der Waals surface area contributed by atoms with Gasteiger partial charge < -0.3 is 35.1 Å². The predicted octanol–water partition coefficient (Wildman–Crippen LogP) is 2.72. The van der Waals surface area contributed by atoms with E-state index in [1.165, 1.54) is 12.1 Å². The lowest BCUT2D eigenvalue weighted by Crippen LogP contribution is -2.45. The Hall–Kier alpha value is -2.24. The molecule has 1 aromatic heterocycles. The molecule has 6 N–H and O–H groups in total. The van der Waals surface area contributed by atoms with Crippen molar-refractivity contribution in [3.8, 4) is 11.5 Å². The number of halogens is 2. The molecule has 4 atom stereocenters. The Kier molecular flexibility index (Phi) is 10.1. The fourth-order valence-corrected chi connectivity index (χ4v) is 3.41. The molecule has 1 heterocycles. The van der Waals surface area contributed by atoms with Crippen molar-refractivity contribution in [2.75, 3.05) is 6.61 Å². The number of nitrogens with zero attached hydrogens (tertiary/aromatic N) is 1. The fourth-order valence-electron chi connectivity index (χ4n) is 2.89. The molecule has 0 aliphatic carbocycles. The van der Waals surface area contributed by atoms with Crippen LogP contribution in [0.4, 0.5) is 0 Å². The van der Waals surface area contributed by atoms with Gasteiger partial charge in [0.1, 0.15) is 23.8 Å². The number of carbonyl (C=O) groups is 1. The van der Waals surface area contributed by atoms with E-state index in [-0.39, 0.29) is 5.56 Å². The summed E-state index contributed by atoms with van der Waals surface area (Å²) in [4.78, 5) is 15.2. The molecule has 0 radical (unpaired) electrons. The van der Waals surface area contributed by atoms with Gasteiger partial charge in [0.05, 0.1) is 18.3 Å². The van der Waals surface area contributed by atoms with E-state index < -0.39 is 37.0 Å². The van der Waals surface area contributed by atoms with Crippen molar-refractivity contribution in [2.24, 2.45) is 0 Å². The van der Waals surface area contributed by atoms with Crippen molar-refractivity contribution in [2.45, 2.75) is 44.2 Å². The topological polar surface area (TPSA) is 164 Å². The van der Waals surface area contributed by atoms with Gasteiger partial charge in [0.25, 0.3) is 0 Å². The Balaban J connectivity index is 0.000000260. The molecule has 11 heteroatoms. The molecule has 0 aliphatic heterocycles. The molecule has 0 aliphatic rings. The van der Waals surface area contributed by atoms with Crippen molar-refractivity contribution in [1.29, 1.82) is 0 Å². The second kappa shape index (κ2) is 12.3. The minimum atomic E-state index is -1.51. The van der Waals surface area contributed by atoms with Crippen molar-refractivity contribution in [1.82, 2.24) is 4.98 Å². The summed E-state index contributed by atoms with van der Waals surface area (Å²) in [5.41, 5.74) is 1.75. The number of benzene rings is 2. The standard InChI is InChI=1S/C14H7Cl2NO3.C8H18O5/c15-9-3-8(4-10(16)6-9)13-17-11-2-1-7(14(18)19)5-12(11)20-13;1-2-3-5(10)7(12)8(13)6(11)4-9/h1-6H,(H,18,19);5-13H,2-4H2,1H3/t;5-,6+,7+,8+/m.0/s1. The van der Waals surface area contributed by atoms with Crippen molar-refractivity contribution >= 4 is 40.3 Å². The number of aromatic carboxylic acids is 1. The highest BCUT2D eigenvalue weighted by atomic mass is 35.5. The van der Waals surface area contributed by atoms with E-state index in [9.17, 15) is 15.0 Å². The van der Waals surface area contributed by atoms with Crippen LogP contribution in [0.3, 0.4) is 0 Å². The maximum Gasteiger partial charge on any atom is 0.335 e. The molecule has 0 amide bonds. The summed E-state index contributed by atoms with van der Waals surface area (Å²) in [5.74, 6) is -0.678. The van der Waals surface area contributed by atoms with Crippen molar-refractivity contribution in [3.63, 3.8) is 0 Å². The Labute approximate surface area is 199 Å². The van der Waals surface area contributed by atoms with E-state index >= 15 is 0 Å². The van der Waals surface area contributed by atoms with E-state index in [2.05, 4.69) is 4.98 Å². The van der Waals surface area contributed by atoms with Crippen LogP contribution in [0.15, 0.2) is 40.8 Å². The van der Waals surface area contributed by atoms with E-state index in [0.717, 1.165) is 0 Å². The third kappa shape index (κ3) is 7.38. The highest BCUT2D eigenvalue weighted by Crippen LogP contribution is 2.29. The minimum Gasteiger partial charge on any atom is -0.478 e. The molecule has 0 bridgehead atoms. The second-order valence-corrected chi connectivity index (χ2v) is 8.12. The first-order valence-electron chi connectivity index (χ1n) is 10.0. The number of aromatic nitrogens is 1. The lowest BCUT2D eigenvalue weighted by molar-refractivity contribution is -0.116. The zero-order chi connectivity index (χ0) is 24.7. The zero-order valence-electron chi connectivity index (χ0n) is 17.6. The lowest BCUT2D eigenvalue weighted by Gasteiger charge is -2.25. The van der Waals surface area contributed by atoms with Gasteiger partial charge in [0.2, 0.25) is 5.89 Å². The van der Waals surface area contributed by atoms with E-state index in [4.69, 9.17) is 48.0 Å². The normalized spacial score (nSPS) is 14.8. The summed E-state index contributed by atoms with van der Waals surface area (Å²) in [5, 5.41) is 54.9. The molecule has 0 spiro atoms. The molecule has 0 saturated heterocycles. The quantitative estimate of drug-likeness (QED) is 0.272. The van der Waals surface area contributed by atoms with Crippen LogP contribution in [0.2, 0.25) is 10.0 Å². The van der Waals surface area contributed by atoms with Gasteiger partial charge >= 0.3 is 5.97 Å². The van der Waals surface area contributed by atoms with Crippen LogP contribution < -0.4 is 0 Å².